The number of carbonyl (C=O) groups is 3. The van der Waals surface area contributed by atoms with Gasteiger partial charge in [0.1, 0.15) is 42.4 Å². The second-order valence-corrected chi connectivity index (χ2v) is 17.3. The third-order valence-corrected chi connectivity index (χ3v) is 14.7. The van der Waals surface area contributed by atoms with Gasteiger partial charge in [0.05, 0.1) is 37.9 Å². The molecular weight excluding hydrogens is 680 g/mol. The number of Topliss-reactive ketones (excluding diaryl/α,β-unsaturated/α-hetero) is 1. The van der Waals surface area contributed by atoms with Gasteiger partial charge < -0.3 is 53.6 Å². The lowest BCUT2D eigenvalue weighted by atomic mass is 9.36. The van der Waals surface area contributed by atoms with Gasteiger partial charge in [-0.05, 0) is 75.5 Å². The molecule has 4 N–H and O–H groups in total. The first-order valence-electron chi connectivity index (χ1n) is 19.3. The number of rotatable bonds is 8. The minimum Gasteiger partial charge on any atom is -0.465 e. The Morgan fingerprint density at radius 3 is 2.27 bits per heavy atom. The van der Waals surface area contributed by atoms with Crippen molar-refractivity contribution in [3.63, 3.8) is 0 Å². The van der Waals surface area contributed by atoms with Crippen molar-refractivity contribution in [3.8, 4) is 0 Å². The molecule has 4 saturated carbocycles. The summed E-state index contributed by atoms with van der Waals surface area (Å²) >= 11 is 0. The van der Waals surface area contributed by atoms with Gasteiger partial charge in [-0.1, -0.05) is 13.8 Å². The zero-order valence-corrected chi connectivity index (χ0v) is 31.0. The average Bonchev–Trinajstić information content (AvgIpc) is 3.53. The summed E-state index contributed by atoms with van der Waals surface area (Å²) in [5.41, 5.74) is -1.13. The Morgan fingerprint density at radius 1 is 0.885 bits per heavy atom. The number of aliphatic hydroxyl groups excluding tert-OH is 4. The molecule has 7 fully saturated rings. The highest BCUT2D eigenvalue weighted by Crippen LogP contribution is 2.70. The zero-order chi connectivity index (χ0) is 37.3. The van der Waals surface area contributed by atoms with Gasteiger partial charge >= 0.3 is 11.9 Å². The summed E-state index contributed by atoms with van der Waals surface area (Å²) in [5, 5.41) is 40.6. The van der Waals surface area contributed by atoms with E-state index in [1.165, 1.54) is 14.0 Å². The lowest BCUT2D eigenvalue weighted by Crippen LogP contribution is -2.67. The van der Waals surface area contributed by atoms with Crippen LogP contribution in [0.5, 0.6) is 0 Å². The van der Waals surface area contributed by atoms with Crippen LogP contribution in [-0.2, 0) is 47.5 Å². The van der Waals surface area contributed by atoms with Crippen LogP contribution in [0, 0.1) is 39.9 Å². The molecule has 18 atom stereocenters. The Labute approximate surface area is 305 Å². The molecule has 4 aliphatic carbocycles. The predicted octanol–water partition coefficient (Wildman–Crippen LogP) is 1.79. The van der Waals surface area contributed by atoms with Crippen LogP contribution in [-0.4, -0.2) is 126 Å². The number of hydrogen-bond acceptors (Lipinski definition) is 14. The maximum absolute atomic E-state index is 14.7. The molecule has 294 valence electrons. The smallest absolute Gasteiger partial charge is 0.306 e. The number of ketones is 1. The maximum atomic E-state index is 14.7. The van der Waals surface area contributed by atoms with E-state index < -0.39 is 85.0 Å². The Bertz CT molecular complexity index is 1360. The minimum atomic E-state index is -1.58. The van der Waals surface area contributed by atoms with Gasteiger partial charge in [0.2, 0.25) is 0 Å². The summed E-state index contributed by atoms with van der Waals surface area (Å²) in [6.45, 7) is 7.46. The van der Waals surface area contributed by atoms with Gasteiger partial charge in [0.25, 0.3) is 0 Å². The summed E-state index contributed by atoms with van der Waals surface area (Å²) in [5.74, 6) is 0.214. The molecular formula is C38H58O14. The molecule has 0 aromatic carbocycles. The number of esters is 2. The van der Waals surface area contributed by atoms with Gasteiger partial charge in [0, 0.05) is 43.1 Å². The molecule has 7 rings (SSSR count). The molecule has 2 bridgehead atoms. The summed E-state index contributed by atoms with van der Waals surface area (Å²) in [6.07, 6.45) is -3.76. The monoisotopic (exact) mass is 738 g/mol. The van der Waals surface area contributed by atoms with Gasteiger partial charge in [-0.25, -0.2) is 0 Å². The van der Waals surface area contributed by atoms with Crippen molar-refractivity contribution in [2.75, 3.05) is 20.3 Å². The third kappa shape index (κ3) is 6.25. The molecule has 3 heterocycles. The molecule has 52 heavy (non-hydrogen) atoms. The summed E-state index contributed by atoms with van der Waals surface area (Å²) < 4.78 is 41.9. The van der Waals surface area contributed by atoms with Crippen LogP contribution >= 0.6 is 0 Å². The zero-order valence-electron chi connectivity index (χ0n) is 31.0. The summed E-state index contributed by atoms with van der Waals surface area (Å²) in [4.78, 5) is 39.4. The van der Waals surface area contributed by atoms with Gasteiger partial charge in [-0.3, -0.25) is 14.4 Å². The fourth-order valence-corrected chi connectivity index (χ4v) is 12.2. The van der Waals surface area contributed by atoms with Crippen LogP contribution in [0.15, 0.2) is 0 Å². The highest BCUT2D eigenvalue weighted by Gasteiger charge is 2.69. The fraction of sp³-hybridized carbons (Fsp3) is 0.921. The number of ether oxygens (including phenoxy) is 7. The number of methoxy groups -OCH3 is 1. The van der Waals surface area contributed by atoms with Crippen LogP contribution in [0.2, 0.25) is 0 Å². The average molecular weight is 739 g/mol. The quantitative estimate of drug-likeness (QED) is 0.208. The highest BCUT2D eigenvalue weighted by atomic mass is 16.7. The van der Waals surface area contributed by atoms with Crippen molar-refractivity contribution in [3.05, 3.63) is 0 Å². The Hall–Kier alpha value is -1.75. The second kappa shape index (κ2) is 14.4. The van der Waals surface area contributed by atoms with Crippen molar-refractivity contribution in [2.24, 2.45) is 39.9 Å². The number of carbonyl (C=O) groups excluding carboxylic acids is 3. The standard InChI is InChI=1S/C38H58O14/c1-18-32(52-34-31(44)30(43)29(42)25(16-39)51-34)24(46-5)15-28(48-18)50-23-8-10-36(3)22(33(23)49-19(2)40)7-13-38-12-6-21(20-14-27(41)47-17-20)37(4,35(38)45)11-9-26(36)38/h18,20-26,28-34,39,42-44H,6-17H2,1-5H3/t18-,20+,21+,22-,23-,24+,25+,26+,28-,29+,30-,31+,32-,33+,34-,36-,37+,38+/m0/s1. The summed E-state index contributed by atoms with van der Waals surface area (Å²) in [7, 11) is 1.53. The van der Waals surface area contributed by atoms with Gasteiger partial charge in [-0.2, -0.15) is 0 Å². The summed E-state index contributed by atoms with van der Waals surface area (Å²) in [6, 6.07) is 0. The van der Waals surface area contributed by atoms with E-state index in [1.807, 2.05) is 0 Å². The SMILES string of the molecule is CO[C@@H]1C[C@H](O[C@H]2CC[C@@]3(C)[C@@H](CC[C@]45CC[C@H]([C@H]6COC(=O)C6)[C@@](C)(CC[C@@H]43)C5=O)[C@H]2OC(C)=O)O[C@@H](C)[C@@H]1O[C@@H]1O[C@H](CO)[C@@H](O)[C@H](O)[C@H]1O. The van der Waals surface area contributed by atoms with Crippen molar-refractivity contribution in [1.29, 1.82) is 0 Å². The normalized spacial score (nSPS) is 52.0. The number of fused-ring (bicyclic) bond motifs is 3. The number of hydrogen-bond donors (Lipinski definition) is 4. The van der Waals surface area contributed by atoms with E-state index in [0.29, 0.717) is 25.2 Å². The van der Waals surface area contributed by atoms with E-state index in [0.717, 1.165) is 44.9 Å². The van der Waals surface area contributed by atoms with Crippen LogP contribution in [0.1, 0.15) is 91.9 Å². The molecule has 3 aliphatic heterocycles. The maximum Gasteiger partial charge on any atom is 0.306 e. The van der Waals surface area contributed by atoms with Crippen LogP contribution in [0.4, 0.5) is 0 Å². The first kappa shape index (κ1) is 38.5. The first-order chi connectivity index (χ1) is 24.7. The molecule has 0 aromatic rings. The Morgan fingerprint density at radius 2 is 1.62 bits per heavy atom. The molecule has 7 aliphatic rings. The van der Waals surface area contributed by atoms with E-state index >= 15 is 0 Å². The van der Waals surface area contributed by atoms with Crippen LogP contribution < -0.4 is 0 Å². The third-order valence-electron chi connectivity index (χ3n) is 14.7. The van der Waals surface area contributed by atoms with E-state index in [9.17, 15) is 34.8 Å². The topological polar surface area (TPSA) is 197 Å². The van der Waals surface area contributed by atoms with Gasteiger partial charge in [0.15, 0.2) is 12.6 Å². The van der Waals surface area contributed by atoms with E-state index in [4.69, 9.17) is 33.2 Å². The van der Waals surface area contributed by atoms with E-state index in [1.54, 1.807) is 6.92 Å². The molecule has 1 spiro atoms. The molecule has 14 heteroatoms. The van der Waals surface area contributed by atoms with E-state index in [2.05, 4.69) is 13.8 Å². The highest BCUT2D eigenvalue weighted by molar-refractivity contribution is 5.92. The van der Waals surface area contributed by atoms with E-state index in [-0.39, 0.29) is 47.4 Å². The molecule has 0 radical (unpaired) electrons. The number of aliphatic hydroxyl groups is 4. The Kier molecular flexibility index (Phi) is 10.7. The predicted molar refractivity (Wildman–Crippen MR) is 179 cm³/mol. The Balaban J connectivity index is 1.05. The van der Waals surface area contributed by atoms with Crippen LogP contribution in [0.25, 0.3) is 0 Å². The minimum absolute atomic E-state index is 0.0111. The molecule has 0 unspecified atom stereocenters. The van der Waals surface area contributed by atoms with Crippen molar-refractivity contribution >= 4 is 17.7 Å². The molecule has 0 amide bonds. The lowest BCUT2D eigenvalue weighted by molar-refractivity contribution is -0.347. The van der Waals surface area contributed by atoms with Crippen molar-refractivity contribution in [1.82, 2.24) is 0 Å². The molecule has 14 nitrogen and oxygen atoms in total. The van der Waals surface area contributed by atoms with Crippen molar-refractivity contribution < 1.29 is 68.0 Å². The van der Waals surface area contributed by atoms with Gasteiger partial charge in [-0.15, -0.1) is 0 Å². The molecule has 0 aromatic heterocycles. The lowest BCUT2D eigenvalue weighted by Gasteiger charge is -2.67. The fourth-order valence-electron chi connectivity index (χ4n) is 12.2. The largest absolute Gasteiger partial charge is 0.465 e. The molecule has 3 saturated heterocycles. The van der Waals surface area contributed by atoms with Crippen LogP contribution in [0.3, 0.4) is 0 Å². The first-order valence-corrected chi connectivity index (χ1v) is 19.3. The number of cyclic esters (lactones) is 1. The second-order valence-electron chi connectivity index (χ2n) is 17.3. The van der Waals surface area contributed by atoms with Crippen molar-refractivity contribution in [2.45, 2.75) is 159 Å².